The molecule has 6 atom stereocenters. The van der Waals surface area contributed by atoms with Crippen LogP contribution in [0.5, 0.6) is 0 Å². The van der Waals surface area contributed by atoms with E-state index in [-0.39, 0.29) is 0 Å². The molecule has 1 rings (SSSR count). The number of hydrogen-bond acceptors (Lipinski definition) is 0. The van der Waals surface area contributed by atoms with Crippen molar-refractivity contribution in [2.24, 2.45) is 35.5 Å². The predicted octanol–water partition coefficient (Wildman–Crippen LogP) is 4.45. The van der Waals surface area contributed by atoms with Crippen molar-refractivity contribution in [1.82, 2.24) is 0 Å². The highest BCUT2D eigenvalue weighted by molar-refractivity contribution is 7.16. The average Bonchev–Trinajstić information content (AvgIpc) is 2.18. The normalized spacial score (nSPS) is 42.2. The Labute approximate surface area is 98.8 Å². The first kappa shape index (κ1) is 13.5. The first-order valence-corrected chi connectivity index (χ1v) is 7.49. The SMILES string of the molecule is CC(C)CC1C(CP)CC(C)C(C)C1C. The molecule has 0 heterocycles. The van der Waals surface area contributed by atoms with Crippen LogP contribution in [0.1, 0.15) is 47.5 Å². The third kappa shape index (κ3) is 3.19. The monoisotopic (exact) mass is 228 g/mol. The van der Waals surface area contributed by atoms with Gasteiger partial charge in [-0.05, 0) is 54.5 Å². The van der Waals surface area contributed by atoms with Crippen molar-refractivity contribution >= 4 is 9.24 Å². The molecular weight excluding hydrogens is 199 g/mol. The first-order valence-electron chi connectivity index (χ1n) is 6.67. The van der Waals surface area contributed by atoms with E-state index in [1.165, 1.54) is 19.0 Å². The second-order valence-electron chi connectivity index (χ2n) is 6.22. The molecule has 1 fully saturated rings. The van der Waals surface area contributed by atoms with Crippen molar-refractivity contribution < 1.29 is 0 Å². The second-order valence-corrected chi connectivity index (χ2v) is 6.69. The molecular formula is C14H29P. The van der Waals surface area contributed by atoms with Gasteiger partial charge in [-0.3, -0.25) is 0 Å². The minimum absolute atomic E-state index is 0.858. The third-order valence-electron chi connectivity index (χ3n) is 4.73. The summed E-state index contributed by atoms with van der Waals surface area (Å²) in [6.45, 7) is 12.1. The van der Waals surface area contributed by atoms with Gasteiger partial charge in [-0.25, -0.2) is 0 Å². The Morgan fingerprint density at radius 3 is 2.20 bits per heavy atom. The predicted molar refractivity (Wildman–Crippen MR) is 73.1 cm³/mol. The molecule has 0 aromatic carbocycles. The summed E-state index contributed by atoms with van der Waals surface area (Å²) in [5, 5.41) is 0. The van der Waals surface area contributed by atoms with Crippen LogP contribution >= 0.6 is 9.24 Å². The lowest BCUT2D eigenvalue weighted by Crippen LogP contribution is -2.38. The minimum atomic E-state index is 0.858. The summed E-state index contributed by atoms with van der Waals surface area (Å²) in [6.07, 6.45) is 4.18. The Morgan fingerprint density at radius 1 is 1.13 bits per heavy atom. The molecule has 1 heteroatoms. The van der Waals surface area contributed by atoms with Crippen molar-refractivity contribution in [3.8, 4) is 0 Å². The maximum Gasteiger partial charge on any atom is -0.0346 e. The first-order chi connectivity index (χ1) is 6.97. The van der Waals surface area contributed by atoms with Crippen LogP contribution in [0.25, 0.3) is 0 Å². The highest BCUT2D eigenvalue weighted by Crippen LogP contribution is 2.45. The van der Waals surface area contributed by atoms with Crippen molar-refractivity contribution in [2.45, 2.75) is 47.5 Å². The fraction of sp³-hybridized carbons (Fsp3) is 1.00. The van der Waals surface area contributed by atoms with Crippen LogP contribution < -0.4 is 0 Å². The molecule has 0 radical (unpaired) electrons. The van der Waals surface area contributed by atoms with Crippen molar-refractivity contribution in [3.63, 3.8) is 0 Å². The highest BCUT2D eigenvalue weighted by Gasteiger charge is 2.37. The molecule has 0 aromatic rings. The van der Waals surface area contributed by atoms with Gasteiger partial charge in [0.2, 0.25) is 0 Å². The molecule has 1 aliphatic rings. The molecule has 0 N–H and O–H groups in total. The molecule has 0 aliphatic heterocycles. The Balaban J connectivity index is 2.70. The Morgan fingerprint density at radius 2 is 1.73 bits per heavy atom. The minimum Gasteiger partial charge on any atom is -0.137 e. The fourth-order valence-electron chi connectivity index (χ4n) is 3.43. The molecule has 0 spiro atoms. The van der Waals surface area contributed by atoms with E-state index >= 15 is 0 Å². The van der Waals surface area contributed by atoms with Gasteiger partial charge in [0.05, 0.1) is 0 Å². The van der Waals surface area contributed by atoms with E-state index < -0.39 is 0 Å². The Bertz CT molecular complexity index is 186. The lowest BCUT2D eigenvalue weighted by atomic mass is 9.62. The van der Waals surface area contributed by atoms with Crippen LogP contribution in [0.15, 0.2) is 0 Å². The van der Waals surface area contributed by atoms with E-state index in [4.69, 9.17) is 0 Å². The second kappa shape index (κ2) is 5.67. The van der Waals surface area contributed by atoms with Gasteiger partial charge < -0.3 is 0 Å². The van der Waals surface area contributed by atoms with Crippen LogP contribution in [0.4, 0.5) is 0 Å². The van der Waals surface area contributed by atoms with Crippen LogP contribution in [0, 0.1) is 35.5 Å². The van der Waals surface area contributed by atoms with Gasteiger partial charge in [-0.15, -0.1) is 9.24 Å². The standard InChI is InChI=1S/C14H29P/c1-9(2)6-14-12(5)11(4)10(3)7-13(14)8-15/h9-14H,6-8,15H2,1-5H3. The summed E-state index contributed by atoms with van der Waals surface area (Å²) in [7, 11) is 2.98. The molecule has 0 amide bonds. The van der Waals surface area contributed by atoms with Crippen LogP contribution in [-0.2, 0) is 0 Å². The van der Waals surface area contributed by atoms with E-state index in [9.17, 15) is 0 Å². The smallest absolute Gasteiger partial charge is 0.0346 e. The Kier molecular flexibility index (Phi) is 5.10. The van der Waals surface area contributed by atoms with Crippen LogP contribution in [-0.4, -0.2) is 6.16 Å². The quantitative estimate of drug-likeness (QED) is 0.626. The van der Waals surface area contributed by atoms with Crippen LogP contribution in [0.2, 0.25) is 0 Å². The van der Waals surface area contributed by atoms with Crippen molar-refractivity contribution in [3.05, 3.63) is 0 Å². The molecule has 0 saturated heterocycles. The van der Waals surface area contributed by atoms with Gasteiger partial charge in [-0.2, -0.15) is 0 Å². The summed E-state index contributed by atoms with van der Waals surface area (Å²) >= 11 is 0. The summed E-state index contributed by atoms with van der Waals surface area (Å²) in [5.74, 6) is 5.54. The van der Waals surface area contributed by atoms with Crippen LogP contribution in [0.3, 0.4) is 0 Å². The fourth-order valence-corrected chi connectivity index (χ4v) is 3.97. The Hall–Kier alpha value is 0.430. The molecule has 0 nitrogen and oxygen atoms in total. The topological polar surface area (TPSA) is 0 Å². The van der Waals surface area contributed by atoms with Gasteiger partial charge >= 0.3 is 0 Å². The molecule has 90 valence electrons. The van der Waals surface area contributed by atoms with Crippen molar-refractivity contribution in [1.29, 1.82) is 0 Å². The van der Waals surface area contributed by atoms with E-state index in [1.54, 1.807) is 0 Å². The third-order valence-corrected chi connectivity index (χ3v) is 5.33. The molecule has 15 heavy (non-hydrogen) atoms. The summed E-state index contributed by atoms with van der Waals surface area (Å²) in [6, 6.07) is 0. The largest absolute Gasteiger partial charge is 0.137 e. The highest BCUT2D eigenvalue weighted by atomic mass is 31.0. The number of hydrogen-bond donors (Lipinski definition) is 0. The molecule has 0 aromatic heterocycles. The summed E-state index contributed by atoms with van der Waals surface area (Å²) in [4.78, 5) is 0. The van der Waals surface area contributed by atoms with Gasteiger partial charge in [0, 0.05) is 0 Å². The van der Waals surface area contributed by atoms with E-state index in [0.29, 0.717) is 0 Å². The van der Waals surface area contributed by atoms with Gasteiger partial charge in [0.15, 0.2) is 0 Å². The maximum absolute atomic E-state index is 2.98. The zero-order valence-electron chi connectivity index (χ0n) is 11.2. The van der Waals surface area contributed by atoms with E-state index in [2.05, 4.69) is 43.9 Å². The van der Waals surface area contributed by atoms with E-state index in [0.717, 1.165) is 35.5 Å². The lowest BCUT2D eigenvalue weighted by molar-refractivity contribution is 0.0619. The molecule has 0 bridgehead atoms. The number of rotatable bonds is 3. The van der Waals surface area contributed by atoms with Crippen molar-refractivity contribution in [2.75, 3.05) is 6.16 Å². The average molecular weight is 228 g/mol. The summed E-state index contributed by atoms with van der Waals surface area (Å²) in [5.41, 5.74) is 0. The zero-order valence-corrected chi connectivity index (χ0v) is 12.3. The van der Waals surface area contributed by atoms with Gasteiger partial charge in [0.1, 0.15) is 0 Å². The molecule has 1 saturated carbocycles. The maximum atomic E-state index is 2.98. The molecule has 1 aliphatic carbocycles. The zero-order chi connectivity index (χ0) is 11.6. The summed E-state index contributed by atoms with van der Waals surface area (Å²) < 4.78 is 0. The lowest BCUT2D eigenvalue weighted by Gasteiger charge is -2.44. The van der Waals surface area contributed by atoms with Gasteiger partial charge in [0.25, 0.3) is 0 Å². The molecule has 6 unspecified atom stereocenters. The van der Waals surface area contributed by atoms with Gasteiger partial charge in [-0.1, -0.05) is 34.6 Å². The van der Waals surface area contributed by atoms with E-state index in [1.807, 2.05) is 0 Å².